The molecule has 1 aromatic rings. The normalized spacial score (nSPS) is 10.2. The minimum atomic E-state index is 0.0585. The number of hydrogen-bond acceptors (Lipinski definition) is 2. The van der Waals surface area contributed by atoms with Crippen molar-refractivity contribution in [1.82, 2.24) is 9.55 Å². The van der Waals surface area contributed by atoms with Crippen LogP contribution in [-0.4, -0.2) is 21.2 Å². The standard InChI is InChI=1S/C8H11ClN2O/c1-11-6-5-10-8(11)7(12)3-2-4-9/h5-6H,2-4H2,1H3. The van der Waals surface area contributed by atoms with E-state index >= 15 is 0 Å². The van der Waals surface area contributed by atoms with E-state index in [1.807, 2.05) is 0 Å². The number of hydrogen-bond donors (Lipinski definition) is 0. The summed E-state index contributed by atoms with van der Waals surface area (Å²) >= 11 is 5.47. The fourth-order valence-corrected chi connectivity index (χ4v) is 1.11. The van der Waals surface area contributed by atoms with Crippen LogP contribution in [0.15, 0.2) is 12.4 Å². The summed E-state index contributed by atoms with van der Waals surface area (Å²) in [5, 5.41) is 0. The van der Waals surface area contributed by atoms with Crippen molar-refractivity contribution in [3.63, 3.8) is 0 Å². The maximum atomic E-state index is 11.3. The Labute approximate surface area is 76.4 Å². The highest BCUT2D eigenvalue weighted by atomic mass is 35.5. The zero-order chi connectivity index (χ0) is 8.97. The number of rotatable bonds is 4. The van der Waals surface area contributed by atoms with Gasteiger partial charge in [0.1, 0.15) is 0 Å². The van der Waals surface area contributed by atoms with Crippen molar-refractivity contribution >= 4 is 17.4 Å². The van der Waals surface area contributed by atoms with E-state index in [1.54, 1.807) is 24.0 Å². The summed E-state index contributed by atoms with van der Waals surface area (Å²) < 4.78 is 1.72. The highest BCUT2D eigenvalue weighted by Crippen LogP contribution is 2.02. The van der Waals surface area contributed by atoms with Gasteiger partial charge in [0, 0.05) is 31.7 Å². The lowest BCUT2D eigenvalue weighted by Crippen LogP contribution is -2.07. The van der Waals surface area contributed by atoms with E-state index in [9.17, 15) is 4.79 Å². The average Bonchev–Trinajstić information content (AvgIpc) is 2.47. The van der Waals surface area contributed by atoms with E-state index in [0.717, 1.165) is 0 Å². The number of Topliss-reactive ketones (excluding diaryl/α,β-unsaturated/α-hetero) is 1. The molecule has 0 bridgehead atoms. The number of alkyl halides is 1. The smallest absolute Gasteiger partial charge is 0.198 e. The van der Waals surface area contributed by atoms with Crippen LogP contribution < -0.4 is 0 Å². The molecule has 1 aromatic heterocycles. The first-order valence-electron chi connectivity index (χ1n) is 3.82. The van der Waals surface area contributed by atoms with Crippen molar-refractivity contribution in [2.75, 3.05) is 5.88 Å². The quantitative estimate of drug-likeness (QED) is 0.529. The second kappa shape index (κ2) is 4.26. The van der Waals surface area contributed by atoms with E-state index in [1.165, 1.54) is 0 Å². The molecule has 0 fully saturated rings. The van der Waals surface area contributed by atoms with Crippen LogP contribution in [0, 0.1) is 0 Å². The molecule has 1 rings (SSSR count). The molecule has 0 saturated carbocycles. The number of nitrogens with zero attached hydrogens (tertiary/aromatic N) is 2. The predicted octanol–water partition coefficient (Wildman–Crippen LogP) is 1.62. The average molecular weight is 187 g/mol. The lowest BCUT2D eigenvalue weighted by atomic mass is 10.2. The summed E-state index contributed by atoms with van der Waals surface area (Å²) in [6.45, 7) is 0. The molecule has 0 aliphatic rings. The molecule has 0 atom stereocenters. The van der Waals surface area contributed by atoms with Crippen LogP contribution in [0.1, 0.15) is 23.5 Å². The molecule has 0 spiro atoms. The summed E-state index contributed by atoms with van der Waals surface area (Å²) in [6, 6.07) is 0. The number of imidazole rings is 1. The fourth-order valence-electron chi connectivity index (χ4n) is 0.973. The first kappa shape index (κ1) is 9.26. The van der Waals surface area contributed by atoms with Gasteiger partial charge in [-0.2, -0.15) is 0 Å². The molecule has 12 heavy (non-hydrogen) atoms. The van der Waals surface area contributed by atoms with E-state index < -0.39 is 0 Å². The van der Waals surface area contributed by atoms with Gasteiger partial charge in [0.15, 0.2) is 11.6 Å². The van der Waals surface area contributed by atoms with Gasteiger partial charge in [0.05, 0.1) is 0 Å². The van der Waals surface area contributed by atoms with Crippen LogP contribution in [-0.2, 0) is 7.05 Å². The number of ketones is 1. The van der Waals surface area contributed by atoms with Gasteiger partial charge in [-0.25, -0.2) is 4.98 Å². The molecular weight excluding hydrogens is 176 g/mol. The second-order valence-electron chi connectivity index (χ2n) is 2.58. The maximum absolute atomic E-state index is 11.3. The molecule has 0 radical (unpaired) electrons. The summed E-state index contributed by atoms with van der Waals surface area (Å²) in [6.07, 6.45) is 4.57. The first-order chi connectivity index (χ1) is 5.75. The SMILES string of the molecule is Cn1ccnc1C(=O)CCCCl. The Morgan fingerprint density at radius 3 is 3.00 bits per heavy atom. The van der Waals surface area contributed by atoms with Crippen molar-refractivity contribution < 1.29 is 4.79 Å². The molecule has 0 unspecified atom stereocenters. The van der Waals surface area contributed by atoms with Crippen LogP contribution in [0.5, 0.6) is 0 Å². The Morgan fingerprint density at radius 2 is 2.50 bits per heavy atom. The Hall–Kier alpha value is -0.830. The van der Waals surface area contributed by atoms with Crippen molar-refractivity contribution in [3.8, 4) is 0 Å². The summed E-state index contributed by atoms with van der Waals surface area (Å²) in [5.41, 5.74) is 0. The van der Waals surface area contributed by atoms with Crippen LogP contribution in [0.2, 0.25) is 0 Å². The van der Waals surface area contributed by atoms with E-state index in [4.69, 9.17) is 11.6 Å². The van der Waals surface area contributed by atoms with E-state index in [-0.39, 0.29) is 5.78 Å². The number of carbonyl (C=O) groups excluding carboxylic acids is 1. The summed E-state index contributed by atoms with van der Waals surface area (Å²) in [7, 11) is 1.81. The van der Waals surface area contributed by atoms with E-state index in [0.29, 0.717) is 24.5 Å². The Kier molecular flexibility index (Phi) is 3.29. The topological polar surface area (TPSA) is 34.9 Å². The van der Waals surface area contributed by atoms with Crippen LogP contribution in [0.3, 0.4) is 0 Å². The first-order valence-corrected chi connectivity index (χ1v) is 4.35. The number of aromatic nitrogens is 2. The number of halogens is 1. The Balaban J connectivity index is 2.59. The molecule has 0 saturated heterocycles. The third-order valence-corrected chi connectivity index (χ3v) is 1.88. The fraction of sp³-hybridized carbons (Fsp3) is 0.500. The minimum Gasteiger partial charge on any atom is -0.332 e. The highest BCUT2D eigenvalue weighted by molar-refractivity contribution is 6.18. The molecule has 66 valence electrons. The summed E-state index contributed by atoms with van der Waals surface area (Å²) in [5.74, 6) is 1.10. The number of aryl methyl sites for hydroxylation is 1. The van der Waals surface area contributed by atoms with Gasteiger partial charge in [0.25, 0.3) is 0 Å². The molecule has 0 amide bonds. The zero-order valence-electron chi connectivity index (χ0n) is 6.96. The number of carbonyl (C=O) groups is 1. The van der Waals surface area contributed by atoms with Gasteiger partial charge < -0.3 is 4.57 Å². The van der Waals surface area contributed by atoms with E-state index in [2.05, 4.69) is 4.98 Å². The summed E-state index contributed by atoms with van der Waals surface area (Å²) in [4.78, 5) is 15.3. The molecular formula is C8H11ClN2O. The van der Waals surface area contributed by atoms with Crippen molar-refractivity contribution in [3.05, 3.63) is 18.2 Å². The van der Waals surface area contributed by atoms with Gasteiger partial charge in [-0.15, -0.1) is 11.6 Å². The molecule has 1 heterocycles. The van der Waals surface area contributed by atoms with Crippen molar-refractivity contribution in [2.24, 2.45) is 7.05 Å². The van der Waals surface area contributed by atoms with Gasteiger partial charge >= 0.3 is 0 Å². The molecule has 3 nitrogen and oxygen atoms in total. The zero-order valence-corrected chi connectivity index (χ0v) is 7.71. The van der Waals surface area contributed by atoms with Crippen molar-refractivity contribution in [2.45, 2.75) is 12.8 Å². The van der Waals surface area contributed by atoms with Gasteiger partial charge in [-0.1, -0.05) is 0 Å². The maximum Gasteiger partial charge on any atom is 0.198 e. The van der Waals surface area contributed by atoms with Crippen LogP contribution in [0.25, 0.3) is 0 Å². The lowest BCUT2D eigenvalue weighted by molar-refractivity contribution is 0.0969. The molecule has 0 aliphatic carbocycles. The molecule has 0 aromatic carbocycles. The Morgan fingerprint density at radius 1 is 1.75 bits per heavy atom. The van der Waals surface area contributed by atoms with Gasteiger partial charge in [0.2, 0.25) is 0 Å². The van der Waals surface area contributed by atoms with Gasteiger partial charge in [-0.3, -0.25) is 4.79 Å². The molecule has 4 heteroatoms. The predicted molar refractivity (Wildman–Crippen MR) is 47.5 cm³/mol. The van der Waals surface area contributed by atoms with Crippen LogP contribution >= 0.6 is 11.6 Å². The Bertz CT molecular complexity index is 270. The molecule has 0 aliphatic heterocycles. The third-order valence-electron chi connectivity index (χ3n) is 1.61. The van der Waals surface area contributed by atoms with Gasteiger partial charge in [-0.05, 0) is 6.42 Å². The monoisotopic (exact) mass is 186 g/mol. The lowest BCUT2D eigenvalue weighted by Gasteiger charge is -1.98. The third kappa shape index (κ3) is 2.08. The second-order valence-corrected chi connectivity index (χ2v) is 2.96. The minimum absolute atomic E-state index is 0.0585. The van der Waals surface area contributed by atoms with Crippen molar-refractivity contribution in [1.29, 1.82) is 0 Å². The molecule has 0 N–H and O–H groups in total. The highest BCUT2D eigenvalue weighted by Gasteiger charge is 2.09. The van der Waals surface area contributed by atoms with Crippen LogP contribution in [0.4, 0.5) is 0 Å². The largest absolute Gasteiger partial charge is 0.332 e.